The average molecular weight is 451 g/mol. The Morgan fingerprint density at radius 1 is 1.03 bits per heavy atom. The number of sulfone groups is 1. The van der Waals surface area contributed by atoms with Gasteiger partial charge in [-0.1, -0.05) is 50.1 Å². The number of hydrogen-bond donors (Lipinski definition) is 2. The monoisotopic (exact) mass is 450 g/mol. The lowest BCUT2D eigenvalue weighted by molar-refractivity contribution is -0.671. The van der Waals surface area contributed by atoms with Gasteiger partial charge in [-0.3, -0.25) is 5.32 Å². The Kier molecular flexibility index (Phi) is 6.35. The van der Waals surface area contributed by atoms with Crippen molar-refractivity contribution in [3.8, 4) is 0 Å². The van der Waals surface area contributed by atoms with Gasteiger partial charge in [-0.15, -0.1) is 0 Å². The van der Waals surface area contributed by atoms with E-state index in [9.17, 15) is 8.42 Å². The third-order valence-electron chi connectivity index (χ3n) is 6.16. The van der Waals surface area contributed by atoms with Gasteiger partial charge in [-0.05, 0) is 42.7 Å². The second kappa shape index (κ2) is 9.04. The van der Waals surface area contributed by atoms with Crippen LogP contribution in [-0.4, -0.2) is 19.7 Å². The summed E-state index contributed by atoms with van der Waals surface area (Å²) in [5, 5.41) is 7.15. The van der Waals surface area contributed by atoms with E-state index in [-0.39, 0.29) is 11.8 Å². The number of anilines is 2. The van der Waals surface area contributed by atoms with E-state index in [1.165, 1.54) is 0 Å². The maximum Gasteiger partial charge on any atom is 0.180 e. The van der Waals surface area contributed by atoms with E-state index >= 15 is 0 Å². The van der Waals surface area contributed by atoms with E-state index in [1.54, 1.807) is 6.07 Å². The summed E-state index contributed by atoms with van der Waals surface area (Å²) in [4.78, 5) is 0.442. The van der Waals surface area contributed by atoms with Crippen molar-refractivity contribution in [1.29, 1.82) is 0 Å². The molecule has 0 aliphatic carbocycles. The first-order valence-electron chi connectivity index (χ1n) is 11.2. The zero-order valence-electron chi connectivity index (χ0n) is 19.0. The lowest BCUT2D eigenvalue weighted by Gasteiger charge is -2.33. The molecule has 1 unspecified atom stereocenters. The molecule has 5 nitrogen and oxygen atoms in total. The number of nitrogens with one attached hydrogen (secondary N) is 2. The molecule has 32 heavy (non-hydrogen) atoms. The predicted molar refractivity (Wildman–Crippen MR) is 129 cm³/mol. The summed E-state index contributed by atoms with van der Waals surface area (Å²) in [5.41, 5.74) is 3.40. The van der Waals surface area contributed by atoms with Crippen molar-refractivity contribution >= 4 is 21.2 Å². The van der Waals surface area contributed by atoms with Crippen molar-refractivity contribution in [2.75, 3.05) is 11.1 Å². The second-order valence-corrected chi connectivity index (χ2v) is 11.0. The zero-order valence-corrected chi connectivity index (χ0v) is 19.8. The molecule has 0 saturated heterocycles. The van der Waals surface area contributed by atoms with Crippen LogP contribution < -0.4 is 15.2 Å². The van der Waals surface area contributed by atoms with Gasteiger partial charge in [0.1, 0.15) is 7.05 Å². The maximum atomic E-state index is 13.3. The van der Waals surface area contributed by atoms with Crippen molar-refractivity contribution in [2.45, 2.75) is 49.6 Å². The van der Waals surface area contributed by atoms with Gasteiger partial charge in [-0.2, -0.15) is 0 Å². The van der Waals surface area contributed by atoms with E-state index in [0.29, 0.717) is 4.90 Å². The lowest BCUT2D eigenvalue weighted by Crippen LogP contribution is -2.47. The Balaban J connectivity index is 1.68. The summed E-state index contributed by atoms with van der Waals surface area (Å²) in [6.45, 7) is 4.18. The van der Waals surface area contributed by atoms with Crippen LogP contribution in [0, 0.1) is 0 Å². The van der Waals surface area contributed by atoms with Gasteiger partial charge in [0.15, 0.2) is 22.2 Å². The molecular weight excluding hydrogens is 418 g/mol. The SMILES string of the molecule is CCCCC1(C)CS(=O)(=O)c2ccccc2[C@@H](c2ccc(Nc3cc[n+](C)cc3)cc2)N1. The highest BCUT2D eigenvalue weighted by molar-refractivity contribution is 7.91. The highest BCUT2D eigenvalue weighted by Gasteiger charge is 2.39. The van der Waals surface area contributed by atoms with E-state index in [0.717, 1.165) is 41.8 Å². The molecule has 2 heterocycles. The number of pyridine rings is 1. The smallest absolute Gasteiger partial charge is 0.180 e. The summed E-state index contributed by atoms with van der Waals surface area (Å²) >= 11 is 0. The van der Waals surface area contributed by atoms with Gasteiger partial charge >= 0.3 is 0 Å². The van der Waals surface area contributed by atoms with Crippen molar-refractivity contribution in [2.24, 2.45) is 7.05 Å². The minimum Gasteiger partial charge on any atom is -0.355 e. The standard InChI is InChI=1S/C26H31N3O2S/c1-4-5-16-26(2)19-32(30,31)24-9-7-6-8-23(24)25(28-26)20-10-12-21(13-11-20)27-22-14-17-29(3)18-15-22/h6-15,17-18,25,28H,4-5,16,19H2,1-3H3/p+1/t25-,26?/m1/s1. The fourth-order valence-corrected chi connectivity index (χ4v) is 6.50. The number of rotatable bonds is 6. The van der Waals surface area contributed by atoms with Crippen LogP contribution in [0.25, 0.3) is 0 Å². The van der Waals surface area contributed by atoms with Crippen molar-refractivity contribution < 1.29 is 13.0 Å². The molecule has 2 aromatic carbocycles. The molecule has 0 amide bonds. The molecule has 4 rings (SSSR count). The Bertz CT molecular complexity index is 1170. The number of nitrogens with zero attached hydrogens (tertiary/aromatic N) is 1. The largest absolute Gasteiger partial charge is 0.355 e. The van der Waals surface area contributed by atoms with E-state index < -0.39 is 15.4 Å². The molecule has 168 valence electrons. The molecule has 1 aliphatic heterocycles. The molecule has 0 spiro atoms. The highest BCUT2D eigenvalue weighted by atomic mass is 32.2. The van der Waals surface area contributed by atoms with Crippen molar-refractivity contribution in [3.05, 3.63) is 84.2 Å². The molecule has 3 aromatic rings. The molecule has 0 fully saturated rings. The van der Waals surface area contributed by atoms with Crippen LogP contribution >= 0.6 is 0 Å². The molecule has 0 radical (unpaired) electrons. The van der Waals surface area contributed by atoms with Crippen LogP contribution in [0.3, 0.4) is 0 Å². The number of fused-ring (bicyclic) bond motifs is 1. The van der Waals surface area contributed by atoms with Gasteiger partial charge in [0.25, 0.3) is 0 Å². The summed E-state index contributed by atoms with van der Waals surface area (Å²) in [6, 6.07) is 19.6. The first kappa shape index (κ1) is 22.5. The number of aromatic nitrogens is 1. The molecule has 2 N–H and O–H groups in total. The van der Waals surface area contributed by atoms with Gasteiger partial charge in [0, 0.05) is 23.4 Å². The van der Waals surface area contributed by atoms with Gasteiger partial charge in [-0.25, -0.2) is 13.0 Å². The fraction of sp³-hybridized carbons (Fsp3) is 0.346. The minimum absolute atomic E-state index is 0.110. The number of unbranched alkanes of at least 4 members (excludes halogenated alkanes) is 1. The number of hydrogen-bond acceptors (Lipinski definition) is 4. The molecule has 1 aliphatic rings. The summed E-state index contributed by atoms with van der Waals surface area (Å²) < 4.78 is 28.5. The lowest BCUT2D eigenvalue weighted by atomic mass is 9.91. The molecular formula is C26H32N3O2S+. The van der Waals surface area contributed by atoms with Crippen LogP contribution in [0.4, 0.5) is 11.4 Å². The summed E-state index contributed by atoms with van der Waals surface area (Å²) in [5.74, 6) is 0.110. The summed E-state index contributed by atoms with van der Waals surface area (Å²) in [6.07, 6.45) is 6.84. The Hall–Kier alpha value is -2.70. The van der Waals surface area contributed by atoms with Crippen LogP contribution in [-0.2, 0) is 16.9 Å². The third-order valence-corrected chi connectivity index (χ3v) is 8.22. The zero-order chi connectivity index (χ0) is 22.8. The van der Waals surface area contributed by atoms with Gasteiger partial charge in [0.05, 0.1) is 22.4 Å². The van der Waals surface area contributed by atoms with E-state index in [4.69, 9.17) is 0 Å². The number of benzene rings is 2. The Morgan fingerprint density at radius 2 is 1.69 bits per heavy atom. The highest BCUT2D eigenvalue weighted by Crippen LogP contribution is 2.37. The molecule has 0 bridgehead atoms. The average Bonchev–Trinajstić information content (AvgIpc) is 2.87. The summed E-state index contributed by atoms with van der Waals surface area (Å²) in [7, 11) is -1.40. The first-order chi connectivity index (χ1) is 15.3. The normalized spacial score (nSPS) is 22.0. The van der Waals surface area contributed by atoms with Crippen LogP contribution in [0.1, 0.15) is 50.3 Å². The fourth-order valence-electron chi connectivity index (χ4n) is 4.45. The first-order valence-corrected chi connectivity index (χ1v) is 12.9. The van der Waals surface area contributed by atoms with Crippen molar-refractivity contribution in [3.63, 3.8) is 0 Å². The topological polar surface area (TPSA) is 62.1 Å². The minimum atomic E-state index is -3.39. The third kappa shape index (κ3) is 4.87. The van der Waals surface area contributed by atoms with Crippen LogP contribution in [0.15, 0.2) is 78.0 Å². The Labute approximate surface area is 191 Å². The molecule has 0 saturated carbocycles. The molecule has 2 atom stereocenters. The van der Waals surface area contributed by atoms with Crippen molar-refractivity contribution in [1.82, 2.24) is 5.32 Å². The maximum absolute atomic E-state index is 13.3. The van der Waals surface area contributed by atoms with Crippen LogP contribution in [0.2, 0.25) is 0 Å². The predicted octanol–water partition coefficient (Wildman–Crippen LogP) is 4.67. The second-order valence-electron chi connectivity index (χ2n) is 9.04. The van der Waals surface area contributed by atoms with E-state index in [1.807, 2.05) is 61.3 Å². The molecule has 6 heteroatoms. The van der Waals surface area contributed by atoms with E-state index in [2.05, 4.69) is 41.8 Å². The van der Waals surface area contributed by atoms with Crippen LogP contribution in [0.5, 0.6) is 0 Å². The Morgan fingerprint density at radius 3 is 2.38 bits per heavy atom. The molecule has 1 aromatic heterocycles. The van der Waals surface area contributed by atoms with Gasteiger partial charge < -0.3 is 5.32 Å². The number of aryl methyl sites for hydroxylation is 1. The van der Waals surface area contributed by atoms with Gasteiger partial charge in [0.2, 0.25) is 0 Å². The quantitative estimate of drug-likeness (QED) is 0.536.